The average Bonchev–Trinajstić information content (AvgIpc) is 2.72. The van der Waals surface area contributed by atoms with Crippen LogP contribution >= 0.6 is 15.9 Å². The van der Waals surface area contributed by atoms with Crippen LogP contribution in [0.4, 0.5) is 0 Å². The fourth-order valence-electron chi connectivity index (χ4n) is 2.51. The summed E-state index contributed by atoms with van der Waals surface area (Å²) < 4.78 is 5.83. The van der Waals surface area contributed by atoms with E-state index in [4.69, 9.17) is 10.5 Å². The molecular weight excluding hydrogens is 282 g/mol. The smallest absolute Gasteiger partial charge is 0.325 e. The molecule has 1 aromatic rings. The van der Waals surface area contributed by atoms with E-state index in [1.165, 1.54) is 12.7 Å². The second-order valence-corrected chi connectivity index (χ2v) is 5.56. The summed E-state index contributed by atoms with van der Waals surface area (Å²) in [4.78, 5) is 11.6. The lowest BCUT2D eigenvalue weighted by Gasteiger charge is -2.20. The van der Waals surface area contributed by atoms with Gasteiger partial charge in [0, 0.05) is 4.47 Å². The highest BCUT2D eigenvalue weighted by molar-refractivity contribution is 9.10. The summed E-state index contributed by atoms with van der Waals surface area (Å²) >= 11 is 3.46. The van der Waals surface area contributed by atoms with Crippen molar-refractivity contribution in [2.45, 2.75) is 30.7 Å². The Kier molecular flexibility index (Phi) is 3.54. The number of benzene rings is 1. The van der Waals surface area contributed by atoms with E-state index in [1.807, 2.05) is 12.1 Å². The molecule has 92 valence electrons. The van der Waals surface area contributed by atoms with Gasteiger partial charge >= 0.3 is 5.97 Å². The van der Waals surface area contributed by atoms with Gasteiger partial charge in [0.1, 0.15) is 5.54 Å². The van der Waals surface area contributed by atoms with E-state index in [2.05, 4.69) is 28.1 Å². The van der Waals surface area contributed by atoms with Crippen LogP contribution in [0.5, 0.6) is 0 Å². The summed E-state index contributed by atoms with van der Waals surface area (Å²) in [5.41, 5.74) is 6.52. The quantitative estimate of drug-likeness (QED) is 0.854. The molecule has 3 nitrogen and oxygen atoms in total. The van der Waals surface area contributed by atoms with E-state index in [0.29, 0.717) is 18.8 Å². The average molecular weight is 298 g/mol. The van der Waals surface area contributed by atoms with Crippen molar-refractivity contribution in [1.29, 1.82) is 0 Å². The Labute approximate surface area is 109 Å². The number of esters is 1. The van der Waals surface area contributed by atoms with E-state index in [1.54, 1.807) is 0 Å². The Morgan fingerprint density at radius 1 is 1.59 bits per heavy atom. The summed E-state index contributed by atoms with van der Waals surface area (Å²) in [6, 6.07) is 8.18. The number of halogens is 1. The first-order valence-electron chi connectivity index (χ1n) is 5.68. The van der Waals surface area contributed by atoms with Crippen molar-refractivity contribution in [3.63, 3.8) is 0 Å². The van der Waals surface area contributed by atoms with Gasteiger partial charge in [-0.15, -0.1) is 0 Å². The number of methoxy groups -OCH3 is 1. The highest BCUT2D eigenvalue weighted by Gasteiger charge is 2.43. The molecule has 1 aromatic carbocycles. The molecular formula is C13H16BrNO2. The van der Waals surface area contributed by atoms with Crippen molar-refractivity contribution >= 4 is 21.9 Å². The van der Waals surface area contributed by atoms with Gasteiger partial charge in [-0.3, -0.25) is 4.79 Å². The minimum atomic E-state index is -0.804. The van der Waals surface area contributed by atoms with E-state index < -0.39 is 5.54 Å². The first-order chi connectivity index (χ1) is 8.05. The highest BCUT2D eigenvalue weighted by Crippen LogP contribution is 2.40. The van der Waals surface area contributed by atoms with E-state index in [0.717, 1.165) is 10.9 Å². The monoisotopic (exact) mass is 297 g/mol. The maximum atomic E-state index is 11.6. The largest absolute Gasteiger partial charge is 0.468 e. The predicted octanol–water partition coefficient (Wildman–Crippen LogP) is 2.59. The Morgan fingerprint density at radius 2 is 2.35 bits per heavy atom. The Hall–Kier alpha value is -0.870. The van der Waals surface area contributed by atoms with Crippen LogP contribution in [0.3, 0.4) is 0 Å². The van der Waals surface area contributed by atoms with Crippen LogP contribution in [0.25, 0.3) is 0 Å². The van der Waals surface area contributed by atoms with Crippen molar-refractivity contribution in [3.05, 3.63) is 34.3 Å². The highest BCUT2D eigenvalue weighted by atomic mass is 79.9. The van der Waals surface area contributed by atoms with Gasteiger partial charge in [0.2, 0.25) is 0 Å². The first kappa shape index (κ1) is 12.6. The summed E-state index contributed by atoms with van der Waals surface area (Å²) in [7, 11) is 1.39. The summed E-state index contributed by atoms with van der Waals surface area (Å²) in [6.07, 6.45) is 2.29. The van der Waals surface area contributed by atoms with Crippen molar-refractivity contribution < 1.29 is 9.53 Å². The molecule has 0 spiro atoms. The Morgan fingerprint density at radius 3 is 3.00 bits per heavy atom. The van der Waals surface area contributed by atoms with Crippen molar-refractivity contribution in [2.24, 2.45) is 5.73 Å². The number of carbonyl (C=O) groups excluding carboxylic acids is 1. The molecule has 1 aliphatic rings. The van der Waals surface area contributed by atoms with Gasteiger partial charge in [0.15, 0.2) is 0 Å². The number of hydrogen-bond donors (Lipinski definition) is 1. The Balaban J connectivity index is 2.15. The summed E-state index contributed by atoms with van der Waals surface area (Å²) in [6.45, 7) is 0. The van der Waals surface area contributed by atoms with Crippen LogP contribution in [0.15, 0.2) is 28.7 Å². The second-order valence-electron chi connectivity index (χ2n) is 4.64. The molecule has 1 aliphatic carbocycles. The normalized spacial score (nSPS) is 28.1. The van der Waals surface area contributed by atoms with Crippen LogP contribution in [0, 0.1) is 0 Å². The maximum absolute atomic E-state index is 11.6. The number of carbonyl (C=O) groups is 1. The second kappa shape index (κ2) is 4.78. The maximum Gasteiger partial charge on any atom is 0.325 e. The lowest BCUT2D eigenvalue weighted by Crippen LogP contribution is -2.46. The van der Waals surface area contributed by atoms with Gasteiger partial charge in [0.05, 0.1) is 7.11 Å². The van der Waals surface area contributed by atoms with Crippen molar-refractivity contribution in [1.82, 2.24) is 0 Å². The summed E-state index contributed by atoms with van der Waals surface area (Å²) in [5.74, 6) is 0.0478. The van der Waals surface area contributed by atoms with Gasteiger partial charge in [-0.2, -0.15) is 0 Å². The zero-order valence-corrected chi connectivity index (χ0v) is 11.4. The van der Waals surface area contributed by atoms with Gasteiger partial charge in [-0.25, -0.2) is 0 Å². The molecule has 0 unspecified atom stereocenters. The fraction of sp³-hybridized carbons (Fsp3) is 0.462. The number of nitrogens with two attached hydrogens (primary N) is 1. The molecule has 17 heavy (non-hydrogen) atoms. The molecule has 0 amide bonds. The molecule has 0 heterocycles. The van der Waals surface area contributed by atoms with Gasteiger partial charge in [0.25, 0.3) is 0 Å². The molecule has 1 fully saturated rings. The van der Waals surface area contributed by atoms with Crippen LogP contribution in [0.1, 0.15) is 30.7 Å². The number of rotatable bonds is 2. The zero-order chi connectivity index (χ0) is 12.5. The molecule has 0 bridgehead atoms. The first-order valence-corrected chi connectivity index (χ1v) is 6.47. The molecule has 0 aromatic heterocycles. The molecule has 0 saturated heterocycles. The number of ether oxygens (including phenoxy) is 1. The molecule has 2 atom stereocenters. The van der Waals surface area contributed by atoms with Crippen LogP contribution < -0.4 is 5.73 Å². The molecule has 1 saturated carbocycles. The molecule has 0 radical (unpaired) electrons. The minimum absolute atomic E-state index is 0.296. The molecule has 2 N–H and O–H groups in total. The Bertz CT molecular complexity index is 435. The standard InChI is InChI=1S/C13H16BrNO2/c1-17-12(16)13(15)6-5-10(8-13)9-3-2-4-11(14)7-9/h2-4,7,10H,5-6,8,15H2,1H3/t10-,13+/m1/s1. The van der Waals surface area contributed by atoms with Crippen molar-refractivity contribution in [2.75, 3.05) is 7.11 Å². The molecule has 4 heteroatoms. The van der Waals surface area contributed by atoms with Crippen LogP contribution in [-0.4, -0.2) is 18.6 Å². The molecule has 2 rings (SSSR count). The van der Waals surface area contributed by atoms with E-state index in [-0.39, 0.29) is 5.97 Å². The third-order valence-electron chi connectivity index (χ3n) is 3.46. The summed E-state index contributed by atoms with van der Waals surface area (Å²) in [5, 5.41) is 0. The van der Waals surface area contributed by atoms with Crippen LogP contribution in [0.2, 0.25) is 0 Å². The third kappa shape index (κ3) is 2.53. The number of hydrogen-bond acceptors (Lipinski definition) is 3. The van der Waals surface area contributed by atoms with Crippen molar-refractivity contribution in [3.8, 4) is 0 Å². The van der Waals surface area contributed by atoms with Gasteiger partial charge in [-0.05, 0) is 42.9 Å². The van der Waals surface area contributed by atoms with Gasteiger partial charge < -0.3 is 10.5 Å². The predicted molar refractivity (Wildman–Crippen MR) is 69.7 cm³/mol. The SMILES string of the molecule is COC(=O)[C@]1(N)CC[C@@H](c2cccc(Br)c2)C1. The van der Waals surface area contributed by atoms with Gasteiger partial charge in [-0.1, -0.05) is 28.1 Å². The lowest BCUT2D eigenvalue weighted by molar-refractivity contribution is -0.146. The third-order valence-corrected chi connectivity index (χ3v) is 3.95. The fourth-order valence-corrected chi connectivity index (χ4v) is 2.93. The van der Waals surface area contributed by atoms with E-state index >= 15 is 0 Å². The van der Waals surface area contributed by atoms with Crippen LogP contribution in [-0.2, 0) is 9.53 Å². The lowest BCUT2D eigenvalue weighted by atomic mass is 9.93. The zero-order valence-electron chi connectivity index (χ0n) is 9.78. The van der Waals surface area contributed by atoms with E-state index in [9.17, 15) is 4.79 Å². The molecule has 0 aliphatic heterocycles. The topological polar surface area (TPSA) is 52.3 Å². The minimum Gasteiger partial charge on any atom is -0.468 e.